The summed E-state index contributed by atoms with van der Waals surface area (Å²) in [6, 6.07) is 1.99. The van der Waals surface area contributed by atoms with Gasteiger partial charge in [0.1, 0.15) is 0 Å². The molecule has 0 fully saturated rings. The first-order valence-electron chi connectivity index (χ1n) is 4.98. The molecule has 0 aliphatic heterocycles. The third kappa shape index (κ3) is 4.91. The number of hydrogen-bond acceptors (Lipinski definition) is 3. The molecule has 4 heteroatoms. The van der Waals surface area contributed by atoms with Crippen molar-refractivity contribution in [3.63, 3.8) is 0 Å². The molecule has 1 unspecified atom stereocenters. The summed E-state index contributed by atoms with van der Waals surface area (Å²) in [5.41, 5.74) is 0.198. The van der Waals surface area contributed by atoms with Gasteiger partial charge in [-0.2, -0.15) is 5.26 Å². The lowest BCUT2D eigenvalue weighted by atomic mass is 10.00. The minimum atomic E-state index is -1.39. The molecule has 0 spiro atoms. The van der Waals surface area contributed by atoms with E-state index < -0.39 is 8.38 Å². The summed E-state index contributed by atoms with van der Waals surface area (Å²) in [5, 5.41) is 8.33. The highest BCUT2D eigenvalue weighted by atomic mass is 31.2. The first kappa shape index (κ1) is 13.8. The van der Waals surface area contributed by atoms with Gasteiger partial charge in [-0.1, -0.05) is 27.7 Å². The van der Waals surface area contributed by atoms with Crippen molar-refractivity contribution in [1.29, 1.82) is 5.26 Å². The van der Waals surface area contributed by atoms with Crippen molar-refractivity contribution in [2.24, 2.45) is 11.8 Å². The second kappa shape index (κ2) is 7.17. The van der Waals surface area contributed by atoms with Crippen molar-refractivity contribution in [3.8, 4) is 6.07 Å². The van der Waals surface area contributed by atoms with Gasteiger partial charge < -0.3 is 9.42 Å². The molecule has 0 saturated carbocycles. The van der Waals surface area contributed by atoms with Crippen LogP contribution in [0.4, 0.5) is 0 Å². The third-order valence-electron chi connectivity index (χ3n) is 2.06. The molecule has 0 aromatic carbocycles. The summed E-state index contributed by atoms with van der Waals surface area (Å²) >= 11 is 0. The van der Waals surface area contributed by atoms with Crippen LogP contribution in [0.25, 0.3) is 0 Å². The van der Waals surface area contributed by atoms with Crippen LogP contribution in [-0.4, -0.2) is 17.2 Å². The first-order valence-corrected chi connectivity index (χ1v) is 6.26. The fourth-order valence-electron chi connectivity index (χ4n) is 1.55. The van der Waals surface area contributed by atoms with E-state index in [-0.39, 0.29) is 5.66 Å². The molecule has 0 rings (SSSR count). The van der Waals surface area contributed by atoms with Gasteiger partial charge in [0.25, 0.3) is 0 Å². The Balaban J connectivity index is 4.03. The number of rotatable bonds is 6. The molecule has 0 aliphatic carbocycles. The monoisotopic (exact) mass is 217 g/mol. The summed E-state index contributed by atoms with van der Waals surface area (Å²) < 4.78 is 5.26. The summed E-state index contributed by atoms with van der Waals surface area (Å²) in [5.74, 6) is 0.821. The van der Waals surface area contributed by atoms with Crippen LogP contribution in [0.5, 0.6) is 0 Å². The molecule has 0 saturated heterocycles. The van der Waals surface area contributed by atoms with Crippen LogP contribution in [0.15, 0.2) is 0 Å². The van der Waals surface area contributed by atoms with Gasteiger partial charge in [-0.05, 0) is 11.8 Å². The average molecular weight is 217 g/mol. The van der Waals surface area contributed by atoms with E-state index in [1.807, 2.05) is 6.07 Å². The van der Waals surface area contributed by atoms with Crippen LogP contribution in [0.2, 0.25) is 0 Å². The van der Waals surface area contributed by atoms with Crippen molar-refractivity contribution in [3.05, 3.63) is 0 Å². The van der Waals surface area contributed by atoms with Crippen molar-refractivity contribution in [2.45, 2.75) is 39.8 Å². The maximum Gasteiger partial charge on any atom is 0.171 e. The Labute approximate surface area is 88.0 Å². The van der Waals surface area contributed by atoms with E-state index >= 15 is 0 Å². The van der Waals surface area contributed by atoms with Gasteiger partial charge >= 0.3 is 0 Å². The maximum atomic E-state index is 9.81. The predicted molar refractivity (Wildman–Crippen MR) is 58.8 cm³/mol. The Hall–Kier alpha value is -0.160. The topological polar surface area (TPSA) is 53.2 Å². The van der Waals surface area contributed by atoms with E-state index in [1.165, 1.54) is 0 Å². The smallest absolute Gasteiger partial charge is 0.171 e. The van der Waals surface area contributed by atoms with Gasteiger partial charge in [-0.15, -0.1) is 0 Å². The molecule has 14 heavy (non-hydrogen) atoms. The first-order chi connectivity index (χ1) is 6.50. The molecular formula is C10H20NO2P. The minimum absolute atomic E-state index is 0.198. The lowest BCUT2D eigenvalue weighted by molar-refractivity contribution is 0.290. The molecule has 1 N–H and O–H groups in total. The Bertz CT molecular complexity index is 181. The highest BCUT2D eigenvalue weighted by molar-refractivity contribution is 7.47. The molecule has 0 amide bonds. The number of hydrogen-bond donors (Lipinski definition) is 1. The summed E-state index contributed by atoms with van der Waals surface area (Å²) in [6.45, 7) is 8.69. The minimum Gasteiger partial charge on any atom is -0.350 e. The molecule has 0 aromatic heterocycles. The van der Waals surface area contributed by atoms with Gasteiger partial charge in [-0.25, -0.2) is 0 Å². The van der Waals surface area contributed by atoms with Crippen molar-refractivity contribution >= 4 is 8.38 Å². The lowest BCUT2D eigenvalue weighted by Gasteiger charge is -2.28. The molecule has 82 valence electrons. The quantitative estimate of drug-likeness (QED) is 0.549. The van der Waals surface area contributed by atoms with Crippen LogP contribution >= 0.6 is 8.38 Å². The number of nitriles is 1. The Morgan fingerprint density at radius 3 is 2.14 bits per heavy atom. The fourth-order valence-corrected chi connectivity index (χ4v) is 3.02. The lowest BCUT2D eigenvalue weighted by Crippen LogP contribution is -2.21. The molecular weight excluding hydrogens is 197 g/mol. The van der Waals surface area contributed by atoms with Crippen LogP contribution in [0, 0.1) is 23.2 Å². The zero-order chi connectivity index (χ0) is 11.1. The van der Waals surface area contributed by atoms with Crippen molar-refractivity contribution < 1.29 is 9.42 Å². The zero-order valence-corrected chi connectivity index (χ0v) is 10.3. The van der Waals surface area contributed by atoms with Gasteiger partial charge in [-0.3, -0.25) is 0 Å². The highest BCUT2D eigenvalue weighted by Crippen LogP contribution is 2.45. The molecule has 0 bridgehead atoms. The third-order valence-corrected chi connectivity index (χ3v) is 4.21. The summed E-state index contributed by atoms with van der Waals surface area (Å²) in [4.78, 5) is 9.81. The van der Waals surface area contributed by atoms with Crippen LogP contribution in [0.3, 0.4) is 0 Å². The van der Waals surface area contributed by atoms with Gasteiger partial charge in [0.05, 0.1) is 19.1 Å². The SMILES string of the molecule is CC(C)C(C(C)C)P(O)OCCC#N. The summed E-state index contributed by atoms with van der Waals surface area (Å²) in [6.07, 6.45) is 0.350. The van der Waals surface area contributed by atoms with Crippen LogP contribution in [-0.2, 0) is 4.52 Å². The van der Waals surface area contributed by atoms with Gasteiger partial charge in [0.2, 0.25) is 0 Å². The number of nitrogens with zero attached hydrogens (tertiary/aromatic N) is 1. The van der Waals surface area contributed by atoms with E-state index in [4.69, 9.17) is 9.79 Å². The van der Waals surface area contributed by atoms with Gasteiger partial charge in [0, 0.05) is 5.66 Å². The van der Waals surface area contributed by atoms with E-state index in [2.05, 4.69) is 27.7 Å². The fraction of sp³-hybridized carbons (Fsp3) is 0.900. The second-order valence-corrected chi connectivity index (χ2v) is 5.48. The molecule has 0 radical (unpaired) electrons. The maximum absolute atomic E-state index is 9.81. The van der Waals surface area contributed by atoms with E-state index in [0.717, 1.165) is 0 Å². The standard InChI is InChI=1S/C10H20NO2P/c1-8(2)10(9(3)4)14(12)13-7-5-6-11/h8-10,12H,5,7H2,1-4H3. The highest BCUT2D eigenvalue weighted by Gasteiger charge is 2.27. The van der Waals surface area contributed by atoms with Crippen LogP contribution in [0.1, 0.15) is 34.1 Å². The Kier molecular flexibility index (Phi) is 7.09. The Morgan fingerprint density at radius 1 is 1.29 bits per heavy atom. The van der Waals surface area contributed by atoms with E-state index in [0.29, 0.717) is 24.9 Å². The molecule has 1 atom stereocenters. The van der Waals surface area contributed by atoms with Crippen molar-refractivity contribution in [2.75, 3.05) is 6.61 Å². The Morgan fingerprint density at radius 2 is 1.79 bits per heavy atom. The molecule has 0 aromatic rings. The van der Waals surface area contributed by atoms with Crippen molar-refractivity contribution in [1.82, 2.24) is 0 Å². The van der Waals surface area contributed by atoms with Gasteiger partial charge in [0.15, 0.2) is 8.38 Å². The van der Waals surface area contributed by atoms with E-state index in [9.17, 15) is 4.89 Å². The molecule has 3 nitrogen and oxygen atoms in total. The van der Waals surface area contributed by atoms with E-state index in [1.54, 1.807) is 0 Å². The normalized spacial score (nSPS) is 13.6. The second-order valence-electron chi connectivity index (χ2n) is 4.02. The van der Waals surface area contributed by atoms with Crippen LogP contribution < -0.4 is 0 Å². The average Bonchev–Trinajstić information content (AvgIpc) is 2.03. The molecule has 0 aliphatic rings. The largest absolute Gasteiger partial charge is 0.350 e. The molecule has 0 heterocycles. The predicted octanol–water partition coefficient (Wildman–Crippen LogP) is 2.90. The zero-order valence-electron chi connectivity index (χ0n) is 9.40. The summed E-state index contributed by atoms with van der Waals surface area (Å²) in [7, 11) is -1.39.